The first-order chi connectivity index (χ1) is 9.33. The Labute approximate surface area is 115 Å². The van der Waals surface area contributed by atoms with Crippen LogP contribution in [0.25, 0.3) is 25.9 Å². The molecule has 2 aromatic heterocycles. The van der Waals surface area contributed by atoms with Crippen LogP contribution >= 0.6 is 11.3 Å². The average Bonchev–Trinajstić information content (AvgIpc) is 3.02. The van der Waals surface area contributed by atoms with E-state index >= 15 is 0 Å². The van der Waals surface area contributed by atoms with E-state index in [-0.39, 0.29) is 0 Å². The molecule has 0 saturated heterocycles. The summed E-state index contributed by atoms with van der Waals surface area (Å²) >= 11 is 1.86. The lowest BCUT2D eigenvalue weighted by Crippen LogP contribution is -2.23. The van der Waals surface area contributed by atoms with E-state index < -0.39 is 0 Å². The third kappa shape index (κ3) is 1.59. The van der Waals surface area contributed by atoms with Crippen molar-refractivity contribution in [2.45, 2.75) is 0 Å². The normalized spacial score (nSPS) is 11.4. The molecule has 0 aliphatic heterocycles. The molecule has 19 heavy (non-hydrogen) atoms. The molecule has 0 N–H and O–H groups in total. The lowest BCUT2D eigenvalue weighted by atomic mass is 10.1. The van der Waals surface area contributed by atoms with Crippen molar-refractivity contribution in [2.75, 3.05) is 0 Å². The molecule has 4 aromatic rings. The summed E-state index contributed by atoms with van der Waals surface area (Å²) in [4.78, 5) is 0. The molecule has 0 bridgehead atoms. The molecule has 3 heteroatoms. The molecular formula is C16H13N2S+. The zero-order valence-corrected chi connectivity index (χ0v) is 11.4. The van der Waals surface area contributed by atoms with Crippen LogP contribution < -0.4 is 4.57 Å². The van der Waals surface area contributed by atoms with Gasteiger partial charge in [-0.05, 0) is 12.1 Å². The number of hydrogen-bond donors (Lipinski definition) is 0. The van der Waals surface area contributed by atoms with Gasteiger partial charge >= 0.3 is 0 Å². The van der Waals surface area contributed by atoms with Gasteiger partial charge in [-0.3, -0.25) is 0 Å². The van der Waals surface area contributed by atoms with E-state index in [1.165, 1.54) is 25.9 Å². The van der Waals surface area contributed by atoms with Gasteiger partial charge in [0.05, 0.1) is 11.7 Å². The minimum Gasteiger partial charge on any atom is -0.239 e. The Hall–Kier alpha value is -2.13. The third-order valence-corrected chi connectivity index (χ3v) is 4.64. The molecule has 92 valence electrons. The van der Waals surface area contributed by atoms with Gasteiger partial charge in [0.1, 0.15) is 18.1 Å². The Bertz CT molecular complexity index is 886. The zero-order valence-electron chi connectivity index (χ0n) is 10.6. The predicted octanol–water partition coefficient (Wildman–Crippen LogP) is 3.67. The Kier molecular flexibility index (Phi) is 2.23. The summed E-state index contributed by atoms with van der Waals surface area (Å²) in [6.07, 6.45) is 6.25. The summed E-state index contributed by atoms with van der Waals surface area (Å²) in [6.45, 7) is 0. The van der Waals surface area contributed by atoms with E-state index in [0.717, 1.165) is 0 Å². The largest absolute Gasteiger partial charge is 0.248 e. The molecule has 0 fully saturated rings. The fourth-order valence-electron chi connectivity index (χ4n) is 2.53. The van der Waals surface area contributed by atoms with Gasteiger partial charge in [0.2, 0.25) is 6.33 Å². The number of thiophene rings is 1. The van der Waals surface area contributed by atoms with Crippen molar-refractivity contribution < 1.29 is 4.57 Å². The van der Waals surface area contributed by atoms with Crippen LogP contribution in [0.2, 0.25) is 0 Å². The SMILES string of the molecule is C[n+]1ccn(-c2cccc3c2sc2ccccc23)c1. The van der Waals surface area contributed by atoms with Crippen LogP contribution in [-0.2, 0) is 7.05 Å². The highest BCUT2D eigenvalue weighted by atomic mass is 32.1. The van der Waals surface area contributed by atoms with Crippen LogP contribution in [0.4, 0.5) is 0 Å². The van der Waals surface area contributed by atoms with Gasteiger partial charge in [0, 0.05) is 15.5 Å². The molecule has 0 saturated carbocycles. The number of hydrogen-bond acceptors (Lipinski definition) is 1. The summed E-state index contributed by atoms with van der Waals surface area (Å²) in [5.74, 6) is 0. The first kappa shape index (κ1) is 10.8. The third-order valence-electron chi connectivity index (χ3n) is 3.43. The zero-order chi connectivity index (χ0) is 12.8. The maximum absolute atomic E-state index is 2.21. The highest BCUT2D eigenvalue weighted by Gasteiger charge is 2.13. The van der Waals surface area contributed by atoms with Crippen LogP contribution in [0.5, 0.6) is 0 Å². The number of rotatable bonds is 1. The Balaban J connectivity index is 2.12. The highest BCUT2D eigenvalue weighted by molar-refractivity contribution is 7.26. The summed E-state index contributed by atoms with van der Waals surface area (Å²) in [6, 6.07) is 15.1. The number of aromatic nitrogens is 2. The van der Waals surface area contributed by atoms with Crippen molar-refractivity contribution in [1.29, 1.82) is 0 Å². The Morgan fingerprint density at radius 3 is 2.68 bits per heavy atom. The second-order valence-corrected chi connectivity index (χ2v) is 5.79. The van der Waals surface area contributed by atoms with Crippen LogP contribution in [0, 0.1) is 0 Å². The smallest absolute Gasteiger partial charge is 0.239 e. The number of aryl methyl sites for hydroxylation is 1. The minimum absolute atomic E-state index is 1.25. The lowest BCUT2D eigenvalue weighted by molar-refractivity contribution is -0.670. The summed E-state index contributed by atoms with van der Waals surface area (Å²) < 4.78 is 6.94. The van der Waals surface area contributed by atoms with Crippen molar-refractivity contribution in [1.82, 2.24) is 4.57 Å². The van der Waals surface area contributed by atoms with E-state index in [1.54, 1.807) is 0 Å². The predicted molar refractivity (Wildman–Crippen MR) is 79.8 cm³/mol. The molecule has 4 rings (SSSR count). The molecule has 0 atom stereocenters. The second-order valence-electron chi connectivity index (χ2n) is 4.74. The van der Waals surface area contributed by atoms with Gasteiger partial charge in [-0.25, -0.2) is 9.13 Å². The quantitative estimate of drug-likeness (QED) is 0.464. The van der Waals surface area contributed by atoms with Crippen LogP contribution in [0.3, 0.4) is 0 Å². The molecular weight excluding hydrogens is 252 g/mol. The topological polar surface area (TPSA) is 8.81 Å². The van der Waals surface area contributed by atoms with Crippen LogP contribution in [0.1, 0.15) is 0 Å². The molecule has 0 unspecified atom stereocenters. The van der Waals surface area contributed by atoms with Gasteiger partial charge < -0.3 is 0 Å². The van der Waals surface area contributed by atoms with E-state index in [1.807, 2.05) is 18.4 Å². The van der Waals surface area contributed by atoms with Gasteiger partial charge in [-0.2, -0.15) is 0 Å². The molecule has 0 aliphatic rings. The van der Waals surface area contributed by atoms with Gasteiger partial charge in [0.15, 0.2) is 0 Å². The maximum atomic E-state index is 2.21. The maximum Gasteiger partial charge on any atom is 0.248 e. The van der Waals surface area contributed by atoms with Crippen LogP contribution in [0.15, 0.2) is 61.2 Å². The van der Waals surface area contributed by atoms with Crippen molar-refractivity contribution in [3.63, 3.8) is 0 Å². The molecule has 0 amide bonds. The summed E-state index contributed by atoms with van der Waals surface area (Å²) in [5, 5.41) is 2.69. The van der Waals surface area contributed by atoms with Crippen molar-refractivity contribution in [3.05, 3.63) is 61.2 Å². The molecule has 0 aliphatic carbocycles. The number of benzene rings is 2. The highest BCUT2D eigenvalue weighted by Crippen LogP contribution is 2.36. The van der Waals surface area contributed by atoms with Gasteiger partial charge in [-0.15, -0.1) is 11.3 Å². The lowest BCUT2D eigenvalue weighted by Gasteiger charge is -1.97. The average molecular weight is 265 g/mol. The van der Waals surface area contributed by atoms with Crippen molar-refractivity contribution >= 4 is 31.5 Å². The first-order valence-corrected chi connectivity index (χ1v) is 7.08. The van der Waals surface area contributed by atoms with Gasteiger partial charge in [0.25, 0.3) is 0 Å². The van der Waals surface area contributed by atoms with E-state index in [0.29, 0.717) is 0 Å². The fraction of sp³-hybridized carbons (Fsp3) is 0.0625. The van der Waals surface area contributed by atoms with E-state index in [2.05, 4.69) is 70.3 Å². The van der Waals surface area contributed by atoms with E-state index in [4.69, 9.17) is 0 Å². The molecule has 0 spiro atoms. The minimum atomic E-state index is 1.25. The number of fused-ring (bicyclic) bond motifs is 3. The molecule has 2 nitrogen and oxygen atoms in total. The van der Waals surface area contributed by atoms with Crippen molar-refractivity contribution in [2.24, 2.45) is 7.05 Å². The van der Waals surface area contributed by atoms with Crippen molar-refractivity contribution in [3.8, 4) is 5.69 Å². The number of imidazole rings is 1. The Morgan fingerprint density at radius 1 is 1.00 bits per heavy atom. The van der Waals surface area contributed by atoms with Gasteiger partial charge in [-0.1, -0.05) is 30.3 Å². The molecule has 2 heterocycles. The second kappa shape index (κ2) is 3.93. The van der Waals surface area contributed by atoms with E-state index in [9.17, 15) is 0 Å². The summed E-state index contributed by atoms with van der Waals surface area (Å²) in [7, 11) is 2.04. The fourth-order valence-corrected chi connectivity index (χ4v) is 3.75. The first-order valence-electron chi connectivity index (χ1n) is 6.27. The number of nitrogens with zero attached hydrogens (tertiary/aromatic N) is 2. The summed E-state index contributed by atoms with van der Waals surface area (Å²) in [5.41, 5.74) is 1.25. The standard InChI is InChI=1S/C16H13N2S/c1-17-9-10-18(11-17)14-7-4-6-13-12-5-2-3-8-15(12)19-16(13)14/h2-11H,1H3/q+1. The van der Waals surface area contributed by atoms with Crippen LogP contribution in [-0.4, -0.2) is 4.57 Å². The molecule has 2 aromatic carbocycles. The molecule has 0 radical (unpaired) electrons. The Morgan fingerprint density at radius 2 is 1.84 bits per heavy atom. The monoisotopic (exact) mass is 265 g/mol.